The summed E-state index contributed by atoms with van der Waals surface area (Å²) in [6.45, 7) is 4.73. The monoisotopic (exact) mass is 405 g/mol. The molecule has 0 amide bonds. The Bertz CT molecular complexity index is 1150. The number of aromatic nitrogens is 4. The molecule has 1 N–H and O–H groups in total. The average Bonchev–Trinajstić information content (AvgIpc) is 3.16. The van der Waals surface area contributed by atoms with Gasteiger partial charge in [0.1, 0.15) is 5.01 Å². The number of hydrogen-bond donors (Lipinski definition) is 1. The van der Waals surface area contributed by atoms with Crippen molar-refractivity contribution in [1.82, 2.24) is 19.5 Å². The van der Waals surface area contributed by atoms with Gasteiger partial charge in [-0.25, -0.2) is 15.0 Å². The highest BCUT2D eigenvalue weighted by Gasteiger charge is 2.09. The van der Waals surface area contributed by atoms with Crippen molar-refractivity contribution in [3.63, 3.8) is 0 Å². The molecule has 1 aromatic carbocycles. The van der Waals surface area contributed by atoms with E-state index in [1.807, 2.05) is 36.4 Å². The molecule has 0 aliphatic carbocycles. The fraction of sp³-hybridized carbons (Fsp3) is 0.273. The highest BCUT2D eigenvalue weighted by Crippen LogP contribution is 2.22. The van der Waals surface area contributed by atoms with Crippen LogP contribution in [-0.4, -0.2) is 25.6 Å². The van der Waals surface area contributed by atoms with Gasteiger partial charge in [0.25, 0.3) is 5.56 Å². The predicted molar refractivity (Wildman–Crippen MR) is 118 cm³/mol. The fourth-order valence-electron chi connectivity index (χ4n) is 3.20. The van der Waals surface area contributed by atoms with Gasteiger partial charge in [-0.1, -0.05) is 26.0 Å². The lowest BCUT2D eigenvalue weighted by molar-refractivity contribution is 0.665. The molecule has 0 saturated carbocycles. The third-order valence-electron chi connectivity index (χ3n) is 4.91. The number of thiazole rings is 1. The Morgan fingerprint density at radius 1 is 1.10 bits per heavy atom. The Hall–Kier alpha value is -3.06. The van der Waals surface area contributed by atoms with Crippen LogP contribution < -0.4 is 10.9 Å². The van der Waals surface area contributed by atoms with E-state index in [9.17, 15) is 4.79 Å². The molecule has 3 aromatic heterocycles. The van der Waals surface area contributed by atoms with E-state index in [1.165, 1.54) is 0 Å². The van der Waals surface area contributed by atoms with Gasteiger partial charge < -0.3 is 9.88 Å². The second-order valence-electron chi connectivity index (χ2n) is 6.88. The van der Waals surface area contributed by atoms with Gasteiger partial charge in [-0.05, 0) is 37.1 Å². The molecule has 4 aromatic rings. The van der Waals surface area contributed by atoms with E-state index in [0.717, 1.165) is 39.3 Å². The normalized spacial score (nSPS) is 11.3. The third-order valence-corrected chi connectivity index (χ3v) is 5.93. The molecule has 148 valence electrons. The molecule has 0 unspecified atom stereocenters. The smallest absolute Gasteiger partial charge is 0.251 e. The summed E-state index contributed by atoms with van der Waals surface area (Å²) in [6.07, 6.45) is 5.54. The van der Waals surface area contributed by atoms with E-state index in [-0.39, 0.29) is 5.56 Å². The Kier molecular flexibility index (Phi) is 5.67. The number of pyridine rings is 1. The Labute approximate surface area is 173 Å². The summed E-state index contributed by atoms with van der Waals surface area (Å²) in [5, 5.41) is 4.26. The number of nitrogens with one attached hydrogen (secondary N) is 1. The number of benzene rings is 1. The first kappa shape index (κ1) is 19.3. The molecule has 7 heteroatoms. The predicted octanol–water partition coefficient (Wildman–Crippen LogP) is 4.56. The molecule has 0 atom stereocenters. The topological polar surface area (TPSA) is 72.7 Å². The minimum absolute atomic E-state index is 0.0742. The van der Waals surface area contributed by atoms with Crippen molar-refractivity contribution in [3.8, 4) is 11.3 Å². The van der Waals surface area contributed by atoms with Crippen LogP contribution in [0.4, 0.5) is 5.95 Å². The molecule has 0 aliphatic rings. The first-order valence-corrected chi connectivity index (χ1v) is 10.6. The number of anilines is 1. The van der Waals surface area contributed by atoms with Gasteiger partial charge in [-0.2, -0.15) is 0 Å². The molecule has 0 spiro atoms. The first-order valence-electron chi connectivity index (χ1n) is 9.81. The van der Waals surface area contributed by atoms with E-state index in [0.29, 0.717) is 18.5 Å². The molecular weight excluding hydrogens is 382 g/mol. The Balaban J connectivity index is 1.56. The van der Waals surface area contributed by atoms with Crippen LogP contribution in [0, 0.1) is 0 Å². The zero-order chi connectivity index (χ0) is 20.2. The SMILES string of the molecule is CCC(CC)Nc1nccc(-c2ccn(Cc3nc4ccccc4s3)c(=O)c2)n1. The van der Waals surface area contributed by atoms with Crippen molar-refractivity contribution < 1.29 is 0 Å². The second kappa shape index (κ2) is 8.53. The molecule has 0 aliphatic heterocycles. The quantitative estimate of drug-likeness (QED) is 0.488. The van der Waals surface area contributed by atoms with Gasteiger partial charge in [-0.15, -0.1) is 11.3 Å². The number of para-hydroxylation sites is 1. The maximum atomic E-state index is 12.7. The minimum atomic E-state index is -0.0742. The van der Waals surface area contributed by atoms with Crippen molar-refractivity contribution in [1.29, 1.82) is 0 Å². The lowest BCUT2D eigenvalue weighted by Gasteiger charge is -2.14. The van der Waals surface area contributed by atoms with Crippen molar-refractivity contribution in [2.24, 2.45) is 0 Å². The molecule has 4 rings (SSSR count). The highest BCUT2D eigenvalue weighted by molar-refractivity contribution is 7.18. The lowest BCUT2D eigenvalue weighted by Crippen LogP contribution is -2.20. The summed E-state index contributed by atoms with van der Waals surface area (Å²) in [6, 6.07) is 13.7. The summed E-state index contributed by atoms with van der Waals surface area (Å²) in [4.78, 5) is 26.2. The summed E-state index contributed by atoms with van der Waals surface area (Å²) in [5.74, 6) is 0.592. The van der Waals surface area contributed by atoms with Crippen molar-refractivity contribution >= 4 is 27.5 Å². The zero-order valence-electron chi connectivity index (χ0n) is 16.5. The van der Waals surface area contributed by atoms with Crippen LogP contribution in [0.1, 0.15) is 31.7 Å². The number of hydrogen-bond acceptors (Lipinski definition) is 6. The fourth-order valence-corrected chi connectivity index (χ4v) is 4.16. The van der Waals surface area contributed by atoms with Crippen LogP contribution in [-0.2, 0) is 6.54 Å². The second-order valence-corrected chi connectivity index (χ2v) is 8.00. The summed E-state index contributed by atoms with van der Waals surface area (Å²) in [7, 11) is 0. The van der Waals surface area contributed by atoms with Crippen molar-refractivity contribution in [2.45, 2.75) is 39.3 Å². The van der Waals surface area contributed by atoms with E-state index in [2.05, 4.69) is 34.1 Å². The van der Waals surface area contributed by atoms with Crippen molar-refractivity contribution in [3.05, 3.63) is 70.2 Å². The van der Waals surface area contributed by atoms with Crippen LogP contribution >= 0.6 is 11.3 Å². The van der Waals surface area contributed by atoms with E-state index in [1.54, 1.807) is 34.4 Å². The van der Waals surface area contributed by atoms with Gasteiger partial charge in [0.05, 0.1) is 22.5 Å². The summed E-state index contributed by atoms with van der Waals surface area (Å²) in [5.41, 5.74) is 2.41. The highest BCUT2D eigenvalue weighted by atomic mass is 32.1. The van der Waals surface area contributed by atoms with Crippen LogP contribution in [0.3, 0.4) is 0 Å². The van der Waals surface area contributed by atoms with E-state index < -0.39 is 0 Å². The van der Waals surface area contributed by atoms with Crippen molar-refractivity contribution in [2.75, 3.05) is 5.32 Å². The maximum Gasteiger partial charge on any atom is 0.251 e. The molecular formula is C22H23N5OS. The van der Waals surface area contributed by atoms with E-state index in [4.69, 9.17) is 0 Å². The van der Waals surface area contributed by atoms with Gasteiger partial charge in [0, 0.05) is 30.1 Å². The van der Waals surface area contributed by atoms with Crippen LogP contribution in [0.15, 0.2) is 59.7 Å². The van der Waals surface area contributed by atoms with Crippen LogP contribution in [0.2, 0.25) is 0 Å². The number of fused-ring (bicyclic) bond motifs is 1. The number of rotatable bonds is 7. The summed E-state index contributed by atoms with van der Waals surface area (Å²) >= 11 is 1.61. The molecule has 0 bridgehead atoms. The Morgan fingerprint density at radius 2 is 1.93 bits per heavy atom. The van der Waals surface area contributed by atoms with Crippen LogP contribution in [0.5, 0.6) is 0 Å². The largest absolute Gasteiger partial charge is 0.351 e. The maximum absolute atomic E-state index is 12.7. The molecule has 0 radical (unpaired) electrons. The van der Waals surface area contributed by atoms with Gasteiger partial charge in [0.2, 0.25) is 5.95 Å². The van der Waals surface area contributed by atoms with Gasteiger partial charge in [0.15, 0.2) is 0 Å². The Morgan fingerprint density at radius 3 is 2.69 bits per heavy atom. The molecule has 29 heavy (non-hydrogen) atoms. The van der Waals surface area contributed by atoms with Gasteiger partial charge >= 0.3 is 0 Å². The lowest BCUT2D eigenvalue weighted by atomic mass is 10.2. The standard InChI is InChI=1S/C22H23N5OS/c1-3-16(4-2)24-22-23-11-9-17(26-22)15-10-12-27(21(28)13-15)14-20-25-18-7-5-6-8-19(18)29-20/h5-13,16H,3-4,14H2,1-2H3,(H,23,24,26). The molecule has 6 nitrogen and oxygen atoms in total. The third kappa shape index (κ3) is 4.35. The number of nitrogens with zero attached hydrogens (tertiary/aromatic N) is 4. The average molecular weight is 406 g/mol. The zero-order valence-corrected chi connectivity index (χ0v) is 17.3. The molecule has 0 saturated heterocycles. The first-order chi connectivity index (χ1) is 14.2. The van der Waals surface area contributed by atoms with E-state index >= 15 is 0 Å². The minimum Gasteiger partial charge on any atom is -0.351 e. The summed E-state index contributed by atoms with van der Waals surface area (Å²) < 4.78 is 2.80. The van der Waals surface area contributed by atoms with Crippen LogP contribution in [0.25, 0.3) is 21.5 Å². The van der Waals surface area contributed by atoms with Gasteiger partial charge in [-0.3, -0.25) is 4.79 Å². The molecule has 0 fully saturated rings. The molecule has 3 heterocycles.